The van der Waals surface area contributed by atoms with Gasteiger partial charge in [0, 0.05) is 22.5 Å². The molecule has 148 valence electrons. The van der Waals surface area contributed by atoms with Gasteiger partial charge in [-0.15, -0.1) is 0 Å². The number of anilines is 2. The van der Waals surface area contributed by atoms with Gasteiger partial charge in [-0.25, -0.2) is 0 Å². The van der Waals surface area contributed by atoms with E-state index < -0.39 is 0 Å². The topological polar surface area (TPSA) is 67.4 Å². The highest BCUT2D eigenvalue weighted by Gasteiger charge is 2.10. The van der Waals surface area contributed by atoms with Crippen LogP contribution in [-0.2, 0) is 0 Å². The van der Waals surface area contributed by atoms with E-state index in [0.29, 0.717) is 28.3 Å². The van der Waals surface area contributed by atoms with E-state index in [0.717, 1.165) is 5.56 Å². The van der Waals surface area contributed by atoms with E-state index in [4.69, 9.17) is 4.74 Å². The number of aryl methyl sites for hydroxylation is 1. The minimum atomic E-state index is -0.226. The molecule has 0 aliphatic rings. The molecule has 0 unspecified atom stereocenters. The van der Waals surface area contributed by atoms with Crippen LogP contribution in [0.1, 0.15) is 40.1 Å². The summed E-state index contributed by atoms with van der Waals surface area (Å²) in [6.07, 6.45) is 0.0377. The number of carbonyl (C=O) groups is 2. The fourth-order valence-electron chi connectivity index (χ4n) is 2.85. The van der Waals surface area contributed by atoms with Crippen LogP contribution in [0.4, 0.5) is 11.4 Å². The molecular weight excluding hydrogens is 364 g/mol. The first kappa shape index (κ1) is 20.1. The number of rotatable bonds is 6. The summed E-state index contributed by atoms with van der Waals surface area (Å²) in [6.45, 7) is 5.77. The van der Waals surface area contributed by atoms with Gasteiger partial charge in [-0.05, 0) is 74.9 Å². The van der Waals surface area contributed by atoms with E-state index >= 15 is 0 Å². The molecule has 0 bridgehead atoms. The maximum atomic E-state index is 12.5. The highest BCUT2D eigenvalue weighted by atomic mass is 16.5. The third-order valence-electron chi connectivity index (χ3n) is 4.26. The lowest BCUT2D eigenvalue weighted by molar-refractivity contribution is 0.101. The van der Waals surface area contributed by atoms with E-state index in [-0.39, 0.29) is 17.9 Å². The number of ether oxygens (including phenoxy) is 1. The zero-order chi connectivity index (χ0) is 20.8. The van der Waals surface area contributed by atoms with Crippen molar-refractivity contribution in [2.45, 2.75) is 26.9 Å². The van der Waals surface area contributed by atoms with E-state index in [2.05, 4.69) is 10.6 Å². The Morgan fingerprint density at radius 1 is 0.793 bits per heavy atom. The van der Waals surface area contributed by atoms with Gasteiger partial charge < -0.3 is 15.4 Å². The summed E-state index contributed by atoms with van der Waals surface area (Å²) in [7, 11) is 0. The first-order valence-electron chi connectivity index (χ1n) is 9.47. The molecule has 0 aliphatic carbocycles. The molecule has 0 fully saturated rings. The van der Waals surface area contributed by atoms with Crippen molar-refractivity contribution in [1.82, 2.24) is 0 Å². The monoisotopic (exact) mass is 388 g/mol. The first-order chi connectivity index (χ1) is 13.9. The molecule has 0 aliphatic heterocycles. The van der Waals surface area contributed by atoms with E-state index in [1.54, 1.807) is 48.5 Å². The van der Waals surface area contributed by atoms with Gasteiger partial charge in [-0.1, -0.05) is 24.3 Å². The van der Waals surface area contributed by atoms with Gasteiger partial charge in [0.15, 0.2) is 0 Å². The summed E-state index contributed by atoms with van der Waals surface area (Å²) in [5.41, 5.74) is 3.36. The summed E-state index contributed by atoms with van der Waals surface area (Å²) in [5.74, 6) is 0.264. The smallest absolute Gasteiger partial charge is 0.255 e. The zero-order valence-electron chi connectivity index (χ0n) is 16.7. The van der Waals surface area contributed by atoms with Gasteiger partial charge in [0.2, 0.25) is 0 Å². The summed E-state index contributed by atoms with van der Waals surface area (Å²) in [5, 5.41) is 5.72. The lowest BCUT2D eigenvalue weighted by atomic mass is 10.1. The highest BCUT2D eigenvalue weighted by Crippen LogP contribution is 2.19. The number of amides is 2. The van der Waals surface area contributed by atoms with Crippen molar-refractivity contribution in [2.75, 3.05) is 10.6 Å². The van der Waals surface area contributed by atoms with Crippen LogP contribution >= 0.6 is 0 Å². The molecule has 2 amide bonds. The first-order valence-corrected chi connectivity index (χ1v) is 9.47. The van der Waals surface area contributed by atoms with Crippen molar-refractivity contribution >= 4 is 23.2 Å². The van der Waals surface area contributed by atoms with E-state index in [1.807, 2.05) is 45.0 Å². The van der Waals surface area contributed by atoms with Crippen LogP contribution in [0, 0.1) is 6.92 Å². The standard InChI is InChI=1S/C24H24N2O3/c1-16(2)29-21-9-6-8-18(15-21)23(27)25-19-11-13-20(14-12-19)26-24(28)22-10-5-4-7-17(22)3/h4-16H,1-3H3,(H,25,27)(H,26,28). The van der Waals surface area contributed by atoms with Crippen molar-refractivity contribution in [2.24, 2.45) is 0 Å². The molecule has 3 aromatic carbocycles. The quantitative estimate of drug-likeness (QED) is 0.603. The lowest BCUT2D eigenvalue weighted by Gasteiger charge is -2.11. The molecule has 0 aromatic heterocycles. The highest BCUT2D eigenvalue weighted by molar-refractivity contribution is 6.06. The second-order valence-electron chi connectivity index (χ2n) is 6.99. The van der Waals surface area contributed by atoms with E-state index in [1.165, 1.54) is 0 Å². The Kier molecular flexibility index (Phi) is 6.29. The summed E-state index contributed by atoms with van der Waals surface area (Å²) in [4.78, 5) is 24.9. The van der Waals surface area contributed by atoms with Crippen LogP contribution in [0.15, 0.2) is 72.8 Å². The van der Waals surface area contributed by atoms with Gasteiger partial charge in [0.05, 0.1) is 6.10 Å². The average Bonchev–Trinajstić information content (AvgIpc) is 2.69. The molecule has 3 aromatic rings. The molecule has 5 heteroatoms. The molecule has 0 saturated heterocycles. The van der Waals surface area contributed by atoms with Crippen molar-refractivity contribution in [3.63, 3.8) is 0 Å². The van der Waals surface area contributed by atoms with Crippen LogP contribution in [0.2, 0.25) is 0 Å². The molecule has 0 saturated carbocycles. The van der Waals surface area contributed by atoms with Gasteiger partial charge in [0.1, 0.15) is 5.75 Å². The fourth-order valence-corrected chi connectivity index (χ4v) is 2.85. The van der Waals surface area contributed by atoms with Crippen LogP contribution in [0.5, 0.6) is 5.75 Å². The van der Waals surface area contributed by atoms with Crippen LogP contribution in [0.25, 0.3) is 0 Å². The number of carbonyl (C=O) groups excluding carboxylic acids is 2. The summed E-state index contributed by atoms with van der Waals surface area (Å²) >= 11 is 0. The molecule has 2 N–H and O–H groups in total. The fraction of sp³-hybridized carbons (Fsp3) is 0.167. The zero-order valence-corrected chi connectivity index (χ0v) is 16.7. The van der Waals surface area contributed by atoms with Gasteiger partial charge in [-0.3, -0.25) is 9.59 Å². The number of hydrogen-bond donors (Lipinski definition) is 2. The predicted molar refractivity (Wildman–Crippen MR) is 116 cm³/mol. The maximum Gasteiger partial charge on any atom is 0.255 e. The van der Waals surface area contributed by atoms with Gasteiger partial charge >= 0.3 is 0 Å². The lowest BCUT2D eigenvalue weighted by Crippen LogP contribution is -2.14. The minimum Gasteiger partial charge on any atom is -0.491 e. The largest absolute Gasteiger partial charge is 0.491 e. The second kappa shape index (κ2) is 9.06. The van der Waals surface area contributed by atoms with Crippen molar-refractivity contribution in [3.05, 3.63) is 89.5 Å². The molecule has 0 heterocycles. The predicted octanol–water partition coefficient (Wildman–Crippen LogP) is 5.29. The Hall–Kier alpha value is -3.60. The van der Waals surface area contributed by atoms with Crippen molar-refractivity contribution < 1.29 is 14.3 Å². The van der Waals surface area contributed by atoms with Crippen LogP contribution in [0.3, 0.4) is 0 Å². The second-order valence-corrected chi connectivity index (χ2v) is 6.99. The Bertz CT molecular complexity index is 1010. The number of benzene rings is 3. The Labute approximate surface area is 170 Å². The summed E-state index contributed by atoms with van der Waals surface area (Å²) in [6, 6.07) is 21.5. The molecule has 3 rings (SSSR count). The van der Waals surface area contributed by atoms with Crippen LogP contribution in [-0.4, -0.2) is 17.9 Å². The summed E-state index contributed by atoms with van der Waals surface area (Å²) < 4.78 is 5.63. The molecular formula is C24H24N2O3. The minimum absolute atomic E-state index is 0.0377. The van der Waals surface area contributed by atoms with Gasteiger partial charge in [0.25, 0.3) is 11.8 Å². The Balaban J connectivity index is 1.64. The average molecular weight is 388 g/mol. The Morgan fingerprint density at radius 3 is 2.03 bits per heavy atom. The maximum absolute atomic E-state index is 12.5. The Morgan fingerprint density at radius 2 is 1.41 bits per heavy atom. The third kappa shape index (κ3) is 5.45. The SMILES string of the molecule is Cc1ccccc1C(=O)Nc1ccc(NC(=O)c2cccc(OC(C)C)c2)cc1. The molecule has 29 heavy (non-hydrogen) atoms. The van der Waals surface area contributed by atoms with Crippen molar-refractivity contribution in [3.8, 4) is 5.75 Å². The number of nitrogens with one attached hydrogen (secondary N) is 2. The normalized spacial score (nSPS) is 10.5. The molecule has 0 spiro atoms. The number of hydrogen-bond acceptors (Lipinski definition) is 3. The van der Waals surface area contributed by atoms with Crippen molar-refractivity contribution in [1.29, 1.82) is 0 Å². The molecule has 0 radical (unpaired) electrons. The van der Waals surface area contributed by atoms with E-state index in [9.17, 15) is 9.59 Å². The molecule has 5 nitrogen and oxygen atoms in total. The third-order valence-corrected chi connectivity index (χ3v) is 4.26. The van der Waals surface area contributed by atoms with Crippen LogP contribution < -0.4 is 15.4 Å². The molecule has 0 atom stereocenters. The van der Waals surface area contributed by atoms with Gasteiger partial charge in [-0.2, -0.15) is 0 Å².